The molecule has 4 aromatic rings. The van der Waals surface area contributed by atoms with Crippen molar-refractivity contribution in [1.82, 2.24) is 16.1 Å². The van der Waals surface area contributed by atoms with Gasteiger partial charge in [-0.3, -0.25) is 5.43 Å². The van der Waals surface area contributed by atoms with E-state index in [9.17, 15) is 14.7 Å². The lowest BCUT2D eigenvalue weighted by Crippen LogP contribution is -2.45. The lowest BCUT2D eigenvalue weighted by Gasteiger charge is -2.28. The molecule has 0 bridgehead atoms. The van der Waals surface area contributed by atoms with Gasteiger partial charge in [-0.1, -0.05) is 60.1 Å². The number of aliphatic hydroxyl groups excluding tert-OH is 1. The molecule has 47 heavy (non-hydrogen) atoms. The number of hydrazone groups is 1. The lowest BCUT2D eigenvalue weighted by atomic mass is 9.95. The number of methoxy groups -OCH3 is 1. The molecule has 0 saturated carbocycles. The van der Waals surface area contributed by atoms with Crippen molar-refractivity contribution in [1.29, 1.82) is 0 Å². The number of nitrogens with one attached hydrogen (secondary N) is 3. The van der Waals surface area contributed by atoms with Gasteiger partial charge < -0.3 is 34.7 Å². The average Bonchev–Trinajstić information content (AvgIpc) is 3.07. The molecule has 0 spiro atoms. The molecule has 11 nitrogen and oxygen atoms in total. The van der Waals surface area contributed by atoms with Crippen LogP contribution in [0, 0.1) is 0 Å². The normalized spacial score (nSPS) is 15.2. The zero-order chi connectivity index (χ0) is 33.3. The van der Waals surface area contributed by atoms with E-state index in [-0.39, 0.29) is 12.2 Å². The molecule has 0 aromatic heterocycles. The van der Waals surface area contributed by atoms with E-state index in [1.165, 1.54) is 7.11 Å². The van der Waals surface area contributed by atoms with Crippen molar-refractivity contribution >= 4 is 40.6 Å². The number of hydrogen-bond donors (Lipinski definition) is 4. The highest BCUT2D eigenvalue weighted by molar-refractivity contribution is 6.30. The Balaban J connectivity index is 1.28. The number of aliphatic hydroxyl groups is 1. The Labute approximate surface area is 277 Å². The second-order valence-electron chi connectivity index (χ2n) is 10.5. The van der Waals surface area contributed by atoms with Crippen LogP contribution in [-0.4, -0.2) is 49.9 Å². The van der Waals surface area contributed by atoms with E-state index in [1.54, 1.807) is 31.3 Å². The smallest absolute Gasteiger partial charge is 0.337 e. The molecule has 1 heterocycles. The first-order valence-electron chi connectivity index (χ1n) is 14.9. The number of urea groups is 1. The maximum Gasteiger partial charge on any atom is 0.337 e. The van der Waals surface area contributed by atoms with Crippen LogP contribution in [0.5, 0.6) is 17.2 Å². The number of hydrogen-bond acceptors (Lipinski definition) is 9. The number of halogens is 1. The number of amides is 2. The Bertz CT molecular complexity index is 1810. The standard InChI is InChI=1S/C35H35ClN4O7/c1-4-45-30-17-24(33-32(34(42)44-3)21(2)38-35(43)39-33)12-16-29(30)47-20-31(41)40-37-18-27-26-8-6-5-7-23(26)11-15-28(27)46-19-22-9-13-25(36)14-10-22/h5-18,31,33,40-41H,4,19-20H2,1-3H3,(H2,38,39,43)/b37-18+/t31-,33+/m0/s1. The Morgan fingerprint density at radius 3 is 2.55 bits per heavy atom. The molecule has 1 aliphatic heterocycles. The summed E-state index contributed by atoms with van der Waals surface area (Å²) < 4.78 is 22.7. The number of carbonyl (C=O) groups excluding carboxylic acids is 2. The van der Waals surface area contributed by atoms with Crippen molar-refractivity contribution in [2.45, 2.75) is 32.7 Å². The quantitative estimate of drug-likeness (QED) is 0.0631. The van der Waals surface area contributed by atoms with Gasteiger partial charge in [0.25, 0.3) is 0 Å². The van der Waals surface area contributed by atoms with Crippen LogP contribution >= 0.6 is 11.6 Å². The maximum atomic E-state index is 12.5. The largest absolute Gasteiger partial charge is 0.490 e. The number of allylic oxidation sites excluding steroid dienone is 1. The summed E-state index contributed by atoms with van der Waals surface area (Å²) in [6.07, 6.45) is 0.430. The van der Waals surface area contributed by atoms with Crippen LogP contribution in [0.3, 0.4) is 0 Å². The predicted octanol–water partition coefficient (Wildman–Crippen LogP) is 5.59. The number of fused-ring (bicyclic) bond motifs is 1. The molecule has 4 aromatic carbocycles. The van der Waals surface area contributed by atoms with Gasteiger partial charge in [-0.15, -0.1) is 0 Å². The SMILES string of the molecule is CCOc1cc([C@H]2NC(=O)NC(C)=C2C(=O)OC)ccc1OC[C@H](O)N/N=C/c1c(OCc2ccc(Cl)cc2)ccc2ccccc12. The van der Waals surface area contributed by atoms with Gasteiger partial charge in [0.2, 0.25) is 0 Å². The highest BCUT2D eigenvalue weighted by atomic mass is 35.5. The van der Waals surface area contributed by atoms with Gasteiger partial charge in [-0.25, -0.2) is 9.59 Å². The first-order valence-corrected chi connectivity index (χ1v) is 15.3. The first kappa shape index (κ1) is 33.1. The summed E-state index contributed by atoms with van der Waals surface area (Å²) in [5.41, 5.74) is 5.65. The second kappa shape index (κ2) is 15.4. The fourth-order valence-corrected chi connectivity index (χ4v) is 5.21. The van der Waals surface area contributed by atoms with Gasteiger partial charge in [0.05, 0.1) is 31.5 Å². The molecule has 2 amide bonds. The molecule has 0 aliphatic carbocycles. The first-order chi connectivity index (χ1) is 22.8. The number of nitrogens with zero attached hydrogens (tertiary/aromatic N) is 1. The minimum Gasteiger partial charge on any atom is -0.490 e. The third-order valence-corrected chi connectivity index (χ3v) is 7.58. The van der Waals surface area contributed by atoms with Gasteiger partial charge >= 0.3 is 12.0 Å². The number of carbonyl (C=O) groups is 2. The minimum atomic E-state index is -1.17. The fourth-order valence-electron chi connectivity index (χ4n) is 5.09. The number of ether oxygens (including phenoxy) is 4. The summed E-state index contributed by atoms with van der Waals surface area (Å²) in [6.45, 7) is 3.95. The van der Waals surface area contributed by atoms with Crippen molar-refractivity contribution in [3.63, 3.8) is 0 Å². The van der Waals surface area contributed by atoms with E-state index in [0.717, 1.165) is 21.9 Å². The Morgan fingerprint density at radius 1 is 1.02 bits per heavy atom. The van der Waals surface area contributed by atoms with Crippen LogP contribution in [-0.2, 0) is 16.1 Å². The highest BCUT2D eigenvalue weighted by Crippen LogP contribution is 2.35. The predicted molar refractivity (Wildman–Crippen MR) is 179 cm³/mol. The minimum absolute atomic E-state index is 0.164. The molecule has 0 radical (unpaired) electrons. The van der Waals surface area contributed by atoms with Crippen LogP contribution in [0.15, 0.2) is 95.2 Å². The van der Waals surface area contributed by atoms with E-state index in [2.05, 4.69) is 21.2 Å². The Morgan fingerprint density at radius 2 is 1.79 bits per heavy atom. The van der Waals surface area contributed by atoms with Gasteiger partial charge in [0.15, 0.2) is 17.7 Å². The van der Waals surface area contributed by atoms with E-state index in [0.29, 0.717) is 46.7 Å². The summed E-state index contributed by atoms with van der Waals surface area (Å²) in [5.74, 6) is 0.778. The number of benzene rings is 4. The zero-order valence-electron chi connectivity index (χ0n) is 26.1. The molecule has 244 valence electrons. The molecular formula is C35H35ClN4O7. The summed E-state index contributed by atoms with van der Waals surface area (Å²) in [7, 11) is 1.28. The van der Waals surface area contributed by atoms with E-state index >= 15 is 0 Å². The zero-order valence-corrected chi connectivity index (χ0v) is 26.8. The average molecular weight is 659 g/mol. The molecule has 2 atom stereocenters. The van der Waals surface area contributed by atoms with Gasteiger partial charge in [-0.2, -0.15) is 5.10 Å². The summed E-state index contributed by atoms with van der Waals surface area (Å²) in [5, 5.41) is 22.9. The van der Waals surface area contributed by atoms with E-state index < -0.39 is 24.3 Å². The fraction of sp³-hybridized carbons (Fsp3) is 0.229. The van der Waals surface area contributed by atoms with Gasteiger partial charge in [0, 0.05) is 16.3 Å². The molecule has 1 aliphatic rings. The third-order valence-electron chi connectivity index (χ3n) is 7.33. The van der Waals surface area contributed by atoms with Crippen molar-refractivity contribution < 1.29 is 33.6 Å². The van der Waals surface area contributed by atoms with Crippen molar-refractivity contribution in [2.24, 2.45) is 5.10 Å². The summed E-state index contributed by atoms with van der Waals surface area (Å²) in [6, 6.07) is 23.0. The molecule has 0 unspecified atom stereocenters. The highest BCUT2D eigenvalue weighted by Gasteiger charge is 2.32. The lowest BCUT2D eigenvalue weighted by molar-refractivity contribution is -0.136. The van der Waals surface area contributed by atoms with E-state index in [4.69, 9.17) is 30.5 Å². The van der Waals surface area contributed by atoms with Crippen molar-refractivity contribution in [3.8, 4) is 17.2 Å². The van der Waals surface area contributed by atoms with Crippen molar-refractivity contribution in [2.75, 3.05) is 20.3 Å². The molecule has 4 N–H and O–H groups in total. The van der Waals surface area contributed by atoms with Crippen LogP contribution in [0.2, 0.25) is 5.02 Å². The van der Waals surface area contributed by atoms with Crippen LogP contribution in [0.25, 0.3) is 10.8 Å². The molecule has 0 saturated heterocycles. The third kappa shape index (κ3) is 8.13. The van der Waals surface area contributed by atoms with Crippen LogP contribution < -0.4 is 30.3 Å². The number of rotatable bonds is 13. The van der Waals surface area contributed by atoms with Crippen LogP contribution in [0.4, 0.5) is 4.79 Å². The second-order valence-corrected chi connectivity index (χ2v) is 11.0. The summed E-state index contributed by atoms with van der Waals surface area (Å²) >= 11 is 6.01. The molecule has 12 heteroatoms. The van der Waals surface area contributed by atoms with Gasteiger partial charge in [0.1, 0.15) is 19.0 Å². The van der Waals surface area contributed by atoms with Crippen LogP contribution in [0.1, 0.15) is 36.6 Å². The topological polar surface area (TPSA) is 140 Å². The maximum absolute atomic E-state index is 12.5. The Kier molecular flexibility index (Phi) is 10.8. The van der Waals surface area contributed by atoms with Crippen molar-refractivity contribution in [3.05, 3.63) is 112 Å². The van der Waals surface area contributed by atoms with E-state index in [1.807, 2.05) is 67.6 Å². The number of esters is 1. The Hall–Kier alpha value is -5.26. The molecular weight excluding hydrogens is 624 g/mol. The van der Waals surface area contributed by atoms with Gasteiger partial charge in [-0.05, 0) is 66.1 Å². The molecule has 0 fully saturated rings. The summed E-state index contributed by atoms with van der Waals surface area (Å²) in [4.78, 5) is 24.7. The molecule has 5 rings (SSSR count). The monoisotopic (exact) mass is 658 g/mol.